The van der Waals surface area contributed by atoms with E-state index in [1.54, 1.807) is 13.1 Å². The number of nitrogens with zero attached hydrogens (tertiary/aromatic N) is 3. The van der Waals surface area contributed by atoms with Gasteiger partial charge in [-0.2, -0.15) is 5.10 Å². The Morgan fingerprint density at radius 2 is 1.88 bits per heavy atom. The molecule has 0 saturated heterocycles. The molecule has 0 radical (unpaired) electrons. The highest BCUT2D eigenvalue weighted by Crippen LogP contribution is 2.30. The second kappa shape index (κ2) is 7.56. The van der Waals surface area contributed by atoms with Gasteiger partial charge in [-0.25, -0.2) is 4.68 Å². The summed E-state index contributed by atoms with van der Waals surface area (Å²) in [6.45, 7) is 4.14. The third kappa shape index (κ3) is 3.87. The van der Waals surface area contributed by atoms with Gasteiger partial charge >= 0.3 is 0 Å². The van der Waals surface area contributed by atoms with Crippen molar-refractivity contribution in [3.8, 4) is 11.3 Å². The molecule has 0 aliphatic carbocycles. The Hall–Kier alpha value is -1.88. The minimum atomic E-state index is 0.587. The number of rotatable bonds is 3. The van der Waals surface area contributed by atoms with Crippen molar-refractivity contribution in [3.63, 3.8) is 0 Å². The fraction of sp³-hybridized carbons (Fsp3) is 0.158. The van der Waals surface area contributed by atoms with Gasteiger partial charge in [-0.05, 0) is 43.2 Å². The van der Waals surface area contributed by atoms with Gasteiger partial charge in [0.05, 0.1) is 16.9 Å². The number of benzene rings is 2. The van der Waals surface area contributed by atoms with E-state index < -0.39 is 0 Å². The molecule has 3 rings (SSSR count). The van der Waals surface area contributed by atoms with E-state index in [1.807, 2.05) is 28.4 Å². The molecule has 0 atom stereocenters. The van der Waals surface area contributed by atoms with Crippen molar-refractivity contribution < 1.29 is 0 Å². The highest BCUT2D eigenvalue weighted by Gasteiger charge is 2.11. The predicted octanol–water partition coefficient (Wildman–Crippen LogP) is 5.55. The fourth-order valence-corrected chi connectivity index (χ4v) is 3.76. The molecule has 1 aromatic heterocycles. The molecule has 0 N–H and O–H groups in total. The molecule has 0 amide bonds. The lowest BCUT2D eigenvalue weighted by Gasteiger charge is -2.07. The second-order valence-electron chi connectivity index (χ2n) is 5.67. The Balaban J connectivity index is 2.11. The van der Waals surface area contributed by atoms with Gasteiger partial charge in [0.2, 0.25) is 4.80 Å². The summed E-state index contributed by atoms with van der Waals surface area (Å²) >= 11 is 13.9. The molecule has 0 aliphatic heterocycles. The Bertz CT molecular complexity index is 1020. The van der Waals surface area contributed by atoms with Gasteiger partial charge in [-0.1, -0.05) is 47.0 Å². The smallest absolute Gasteiger partial charge is 0.205 e. The third-order valence-electron chi connectivity index (χ3n) is 3.83. The maximum atomic E-state index is 6.38. The number of hydrogen-bond acceptors (Lipinski definition) is 3. The molecule has 0 unspecified atom stereocenters. The minimum absolute atomic E-state index is 0.587. The summed E-state index contributed by atoms with van der Waals surface area (Å²) in [7, 11) is 1.75. The zero-order chi connectivity index (χ0) is 18.0. The summed E-state index contributed by atoms with van der Waals surface area (Å²) in [4.78, 5) is 5.11. The van der Waals surface area contributed by atoms with E-state index in [0.29, 0.717) is 10.0 Å². The SMILES string of the molecule is CN=c1scc(-c2ccc(Cl)cc2Cl)n1/N=C/c1cc(C)ccc1C. The first kappa shape index (κ1) is 17.9. The molecule has 6 heteroatoms. The van der Waals surface area contributed by atoms with Crippen LogP contribution in [0.15, 0.2) is 51.9 Å². The van der Waals surface area contributed by atoms with Crippen LogP contribution in [-0.2, 0) is 0 Å². The van der Waals surface area contributed by atoms with Gasteiger partial charge in [-0.15, -0.1) is 11.3 Å². The molecule has 128 valence electrons. The third-order valence-corrected chi connectivity index (χ3v) is 5.29. The summed E-state index contributed by atoms with van der Waals surface area (Å²) in [6.07, 6.45) is 1.86. The van der Waals surface area contributed by atoms with Crippen molar-refractivity contribution in [2.75, 3.05) is 7.05 Å². The maximum Gasteiger partial charge on any atom is 0.205 e. The summed E-state index contributed by atoms with van der Waals surface area (Å²) in [5, 5.41) is 7.86. The largest absolute Gasteiger partial charge is 0.261 e. The monoisotopic (exact) mass is 389 g/mol. The molecular weight excluding hydrogens is 373 g/mol. The summed E-state index contributed by atoms with van der Waals surface area (Å²) < 4.78 is 1.81. The maximum absolute atomic E-state index is 6.38. The molecule has 2 aromatic carbocycles. The van der Waals surface area contributed by atoms with Crippen molar-refractivity contribution in [1.29, 1.82) is 0 Å². The zero-order valence-electron chi connectivity index (χ0n) is 14.1. The Kier molecular flexibility index (Phi) is 5.42. The molecule has 3 aromatic rings. The van der Waals surface area contributed by atoms with Gasteiger partial charge in [0.15, 0.2) is 0 Å². The first-order valence-corrected chi connectivity index (χ1v) is 9.33. The normalized spacial score (nSPS) is 12.3. The number of aromatic nitrogens is 1. The Morgan fingerprint density at radius 1 is 1.08 bits per heavy atom. The molecule has 1 heterocycles. The zero-order valence-corrected chi connectivity index (χ0v) is 16.5. The highest BCUT2D eigenvalue weighted by molar-refractivity contribution is 7.07. The van der Waals surface area contributed by atoms with Crippen LogP contribution < -0.4 is 4.80 Å². The van der Waals surface area contributed by atoms with E-state index in [4.69, 9.17) is 23.2 Å². The van der Waals surface area contributed by atoms with Crippen LogP contribution in [0.4, 0.5) is 0 Å². The predicted molar refractivity (Wildman–Crippen MR) is 108 cm³/mol. The van der Waals surface area contributed by atoms with Gasteiger partial charge < -0.3 is 0 Å². The summed E-state index contributed by atoms with van der Waals surface area (Å²) in [5.41, 5.74) is 5.20. The van der Waals surface area contributed by atoms with Gasteiger partial charge in [-0.3, -0.25) is 4.99 Å². The van der Waals surface area contributed by atoms with E-state index in [9.17, 15) is 0 Å². The van der Waals surface area contributed by atoms with Crippen LogP contribution in [0.1, 0.15) is 16.7 Å². The molecule has 0 spiro atoms. The Labute approximate surface area is 160 Å². The van der Waals surface area contributed by atoms with Crippen LogP contribution in [0.25, 0.3) is 11.3 Å². The van der Waals surface area contributed by atoms with Crippen LogP contribution in [0.3, 0.4) is 0 Å². The van der Waals surface area contributed by atoms with Crippen LogP contribution in [0, 0.1) is 13.8 Å². The van der Waals surface area contributed by atoms with Gasteiger partial charge in [0.1, 0.15) is 0 Å². The quantitative estimate of drug-likeness (QED) is 0.525. The Morgan fingerprint density at radius 3 is 2.60 bits per heavy atom. The number of hydrogen-bond donors (Lipinski definition) is 0. The lowest BCUT2D eigenvalue weighted by molar-refractivity contribution is 0.848. The summed E-state index contributed by atoms with van der Waals surface area (Å²) in [5.74, 6) is 0. The fourth-order valence-electron chi connectivity index (χ4n) is 2.46. The molecular formula is C19H17Cl2N3S. The van der Waals surface area contributed by atoms with Crippen molar-refractivity contribution in [3.05, 3.63) is 73.3 Å². The van der Waals surface area contributed by atoms with Crippen LogP contribution in [0.5, 0.6) is 0 Å². The van der Waals surface area contributed by atoms with E-state index in [2.05, 4.69) is 42.1 Å². The van der Waals surface area contributed by atoms with Crippen molar-refractivity contribution >= 4 is 40.8 Å². The van der Waals surface area contributed by atoms with E-state index in [-0.39, 0.29) is 0 Å². The summed E-state index contributed by atoms with van der Waals surface area (Å²) in [6, 6.07) is 11.8. The average Bonchev–Trinajstić information content (AvgIpc) is 2.98. The first-order chi connectivity index (χ1) is 12.0. The van der Waals surface area contributed by atoms with Crippen molar-refractivity contribution in [2.24, 2.45) is 10.1 Å². The standard InChI is InChI=1S/C19H17Cl2N3S/c1-12-4-5-13(2)14(8-12)10-23-24-18(11-25-19(24)22-3)16-7-6-15(20)9-17(16)21/h4-11H,1-3H3/b22-19?,23-10+. The topological polar surface area (TPSA) is 29.6 Å². The molecule has 25 heavy (non-hydrogen) atoms. The number of halogens is 2. The van der Waals surface area contributed by atoms with Crippen molar-refractivity contribution in [2.45, 2.75) is 13.8 Å². The minimum Gasteiger partial charge on any atom is -0.261 e. The van der Waals surface area contributed by atoms with Crippen LogP contribution in [0.2, 0.25) is 10.0 Å². The van der Waals surface area contributed by atoms with Gasteiger partial charge in [0.25, 0.3) is 0 Å². The van der Waals surface area contributed by atoms with Crippen molar-refractivity contribution in [1.82, 2.24) is 4.68 Å². The number of aryl methyl sites for hydroxylation is 2. The van der Waals surface area contributed by atoms with Crippen LogP contribution in [-0.4, -0.2) is 17.9 Å². The first-order valence-electron chi connectivity index (χ1n) is 7.70. The molecule has 0 fully saturated rings. The van der Waals surface area contributed by atoms with E-state index >= 15 is 0 Å². The second-order valence-corrected chi connectivity index (χ2v) is 7.35. The van der Waals surface area contributed by atoms with E-state index in [1.165, 1.54) is 22.5 Å². The molecule has 0 aliphatic rings. The number of thiazole rings is 1. The lowest BCUT2D eigenvalue weighted by atomic mass is 10.1. The highest BCUT2D eigenvalue weighted by atomic mass is 35.5. The lowest BCUT2D eigenvalue weighted by Crippen LogP contribution is -2.11. The molecule has 0 bridgehead atoms. The van der Waals surface area contributed by atoms with Crippen LogP contribution >= 0.6 is 34.5 Å². The average molecular weight is 390 g/mol. The molecule has 3 nitrogen and oxygen atoms in total. The molecule has 0 saturated carbocycles. The van der Waals surface area contributed by atoms with Gasteiger partial charge in [0, 0.05) is 23.0 Å². The van der Waals surface area contributed by atoms with E-state index in [0.717, 1.165) is 21.6 Å².